The van der Waals surface area contributed by atoms with Crippen molar-refractivity contribution in [3.8, 4) is 11.6 Å². The highest BCUT2D eigenvalue weighted by Crippen LogP contribution is 2.38. The molecule has 2 aromatic carbocycles. The minimum absolute atomic E-state index is 0.0295. The number of ether oxygens (including phenoxy) is 1. The van der Waals surface area contributed by atoms with E-state index in [1.165, 1.54) is 5.56 Å². The third-order valence-electron chi connectivity index (χ3n) is 4.78. The first-order valence-electron chi connectivity index (χ1n) is 9.24. The van der Waals surface area contributed by atoms with E-state index in [1.807, 2.05) is 44.2 Å². The van der Waals surface area contributed by atoms with Crippen molar-refractivity contribution in [2.75, 3.05) is 6.61 Å². The van der Waals surface area contributed by atoms with Crippen LogP contribution in [0.3, 0.4) is 0 Å². The molecule has 0 atom stereocenters. The third-order valence-corrected chi connectivity index (χ3v) is 4.78. The van der Waals surface area contributed by atoms with Crippen LogP contribution in [0.5, 0.6) is 11.6 Å². The summed E-state index contributed by atoms with van der Waals surface area (Å²) in [6.07, 6.45) is 0. The van der Waals surface area contributed by atoms with Crippen molar-refractivity contribution in [1.82, 2.24) is 4.57 Å². The summed E-state index contributed by atoms with van der Waals surface area (Å²) in [5, 5.41) is 18.8. The lowest BCUT2D eigenvalue weighted by molar-refractivity contribution is -0.120. The standard InChI is InChI=1S/C22H25N3O3/c1-13(2)16-7-9-19(15(4)11-16)28-12-20(26)23-24-21-17-10-14(3)6-8-18(17)25(5)22(21)27/h6-11,13,27H,12H2,1-5H3. The zero-order valence-corrected chi connectivity index (χ0v) is 16.9. The van der Waals surface area contributed by atoms with E-state index in [4.69, 9.17) is 4.74 Å². The predicted molar refractivity (Wildman–Crippen MR) is 110 cm³/mol. The van der Waals surface area contributed by atoms with Gasteiger partial charge in [-0.15, -0.1) is 10.2 Å². The van der Waals surface area contributed by atoms with Crippen molar-refractivity contribution in [1.29, 1.82) is 0 Å². The molecule has 0 saturated carbocycles. The fourth-order valence-corrected chi connectivity index (χ4v) is 3.09. The van der Waals surface area contributed by atoms with Crippen LogP contribution >= 0.6 is 0 Å². The van der Waals surface area contributed by atoms with Gasteiger partial charge in [0.1, 0.15) is 5.75 Å². The number of fused-ring (bicyclic) bond motifs is 1. The Morgan fingerprint density at radius 2 is 1.93 bits per heavy atom. The number of carbonyl (C=O) groups excluding carboxylic acids is 1. The Morgan fingerprint density at radius 1 is 1.18 bits per heavy atom. The minimum Gasteiger partial charge on any atom is -0.493 e. The first kappa shape index (κ1) is 19.6. The fourth-order valence-electron chi connectivity index (χ4n) is 3.09. The van der Waals surface area contributed by atoms with Crippen LogP contribution in [0.25, 0.3) is 10.9 Å². The van der Waals surface area contributed by atoms with Gasteiger partial charge in [0, 0.05) is 12.4 Å². The second kappa shape index (κ2) is 7.84. The Labute approximate surface area is 164 Å². The van der Waals surface area contributed by atoms with Crippen molar-refractivity contribution in [3.05, 3.63) is 53.1 Å². The summed E-state index contributed by atoms with van der Waals surface area (Å²) in [7, 11) is 1.74. The maximum atomic E-state index is 12.1. The topological polar surface area (TPSA) is 76.2 Å². The average molecular weight is 379 g/mol. The van der Waals surface area contributed by atoms with Gasteiger partial charge in [0.25, 0.3) is 0 Å². The molecule has 0 aliphatic heterocycles. The van der Waals surface area contributed by atoms with Gasteiger partial charge in [-0.2, -0.15) is 0 Å². The highest BCUT2D eigenvalue weighted by molar-refractivity contribution is 5.95. The molecule has 6 nitrogen and oxygen atoms in total. The number of benzene rings is 2. The van der Waals surface area contributed by atoms with Gasteiger partial charge >= 0.3 is 5.91 Å². The lowest BCUT2D eigenvalue weighted by Gasteiger charge is -2.11. The lowest BCUT2D eigenvalue weighted by atomic mass is 10.0. The van der Waals surface area contributed by atoms with Crippen LogP contribution in [0.15, 0.2) is 46.6 Å². The number of aryl methyl sites for hydroxylation is 3. The van der Waals surface area contributed by atoms with Gasteiger partial charge in [0.05, 0.1) is 5.52 Å². The summed E-state index contributed by atoms with van der Waals surface area (Å²) in [6, 6.07) is 11.7. The molecule has 1 aromatic heterocycles. The normalized spacial score (nSPS) is 11.6. The predicted octanol–water partition coefficient (Wildman–Crippen LogP) is 5.31. The number of nitrogens with zero attached hydrogens (tertiary/aromatic N) is 3. The van der Waals surface area contributed by atoms with Crippen LogP contribution in [0.1, 0.15) is 36.5 Å². The molecule has 0 radical (unpaired) electrons. The van der Waals surface area contributed by atoms with Crippen LogP contribution < -0.4 is 4.74 Å². The molecule has 0 saturated heterocycles. The summed E-state index contributed by atoms with van der Waals surface area (Å²) >= 11 is 0. The summed E-state index contributed by atoms with van der Waals surface area (Å²) in [6.45, 7) is 7.95. The van der Waals surface area contributed by atoms with E-state index in [0.717, 1.165) is 22.0 Å². The van der Waals surface area contributed by atoms with Crippen molar-refractivity contribution in [2.45, 2.75) is 33.6 Å². The largest absolute Gasteiger partial charge is 0.493 e. The van der Waals surface area contributed by atoms with Crippen molar-refractivity contribution >= 4 is 22.5 Å². The molecular weight excluding hydrogens is 354 g/mol. The number of hydrogen-bond donors (Lipinski definition) is 1. The molecule has 1 heterocycles. The Hall–Kier alpha value is -3.15. The lowest BCUT2D eigenvalue weighted by Crippen LogP contribution is -2.08. The summed E-state index contributed by atoms with van der Waals surface area (Å²) in [4.78, 5) is 12.1. The van der Waals surface area contributed by atoms with E-state index in [-0.39, 0.29) is 18.2 Å². The Kier molecular flexibility index (Phi) is 5.49. The number of aromatic nitrogens is 1. The van der Waals surface area contributed by atoms with E-state index >= 15 is 0 Å². The molecule has 0 unspecified atom stereocenters. The maximum Gasteiger partial charge on any atom is 0.302 e. The zero-order valence-electron chi connectivity index (χ0n) is 16.9. The van der Waals surface area contributed by atoms with Crippen LogP contribution in [-0.2, 0) is 11.8 Å². The van der Waals surface area contributed by atoms with E-state index in [1.54, 1.807) is 11.6 Å². The van der Waals surface area contributed by atoms with Gasteiger partial charge in [-0.25, -0.2) is 0 Å². The van der Waals surface area contributed by atoms with Crippen molar-refractivity contribution in [2.24, 2.45) is 17.3 Å². The molecule has 0 bridgehead atoms. The van der Waals surface area contributed by atoms with E-state index in [9.17, 15) is 9.90 Å². The Balaban J connectivity index is 1.74. The molecule has 28 heavy (non-hydrogen) atoms. The highest BCUT2D eigenvalue weighted by atomic mass is 16.5. The van der Waals surface area contributed by atoms with Crippen molar-refractivity contribution < 1.29 is 14.6 Å². The molecule has 0 aliphatic rings. The second-order valence-corrected chi connectivity index (χ2v) is 7.31. The van der Waals surface area contributed by atoms with Crippen LogP contribution in [0, 0.1) is 13.8 Å². The monoisotopic (exact) mass is 379 g/mol. The summed E-state index contributed by atoms with van der Waals surface area (Å²) in [5.74, 6) is 0.534. The fraction of sp³-hybridized carbons (Fsp3) is 0.318. The van der Waals surface area contributed by atoms with Crippen LogP contribution in [-0.4, -0.2) is 22.2 Å². The second-order valence-electron chi connectivity index (χ2n) is 7.31. The van der Waals surface area contributed by atoms with E-state index in [2.05, 4.69) is 30.1 Å². The first-order valence-corrected chi connectivity index (χ1v) is 9.24. The van der Waals surface area contributed by atoms with Crippen LogP contribution in [0.4, 0.5) is 5.69 Å². The minimum atomic E-state index is -0.517. The molecule has 0 fully saturated rings. The highest BCUT2D eigenvalue weighted by Gasteiger charge is 2.15. The summed E-state index contributed by atoms with van der Waals surface area (Å²) in [5.41, 5.74) is 4.33. The molecule has 0 spiro atoms. The molecular formula is C22H25N3O3. The number of aromatic hydroxyl groups is 1. The number of azo groups is 1. The summed E-state index contributed by atoms with van der Waals surface area (Å²) < 4.78 is 7.21. The number of amides is 1. The van der Waals surface area contributed by atoms with E-state index in [0.29, 0.717) is 11.7 Å². The number of rotatable bonds is 5. The number of carbonyl (C=O) groups is 1. The Morgan fingerprint density at radius 3 is 2.61 bits per heavy atom. The quantitative estimate of drug-likeness (QED) is 0.610. The molecule has 146 valence electrons. The third kappa shape index (κ3) is 3.91. The average Bonchev–Trinajstić information content (AvgIpc) is 2.88. The van der Waals surface area contributed by atoms with Gasteiger partial charge < -0.3 is 14.4 Å². The molecule has 3 rings (SSSR count). The van der Waals surface area contributed by atoms with Gasteiger partial charge in [0.2, 0.25) is 5.88 Å². The Bertz CT molecular complexity index is 1060. The molecule has 3 aromatic rings. The molecule has 0 aliphatic carbocycles. The van der Waals surface area contributed by atoms with Crippen LogP contribution in [0.2, 0.25) is 0 Å². The molecule has 6 heteroatoms. The van der Waals surface area contributed by atoms with Gasteiger partial charge in [0.15, 0.2) is 12.3 Å². The van der Waals surface area contributed by atoms with Gasteiger partial charge in [-0.3, -0.25) is 4.79 Å². The van der Waals surface area contributed by atoms with E-state index < -0.39 is 5.91 Å². The maximum absolute atomic E-state index is 12.1. The van der Waals surface area contributed by atoms with Gasteiger partial charge in [-0.1, -0.05) is 37.6 Å². The zero-order chi connectivity index (χ0) is 20.4. The SMILES string of the molecule is Cc1ccc2c(c1)c(N=NC(=O)COc1ccc(C(C)C)cc1C)c(O)n2C. The smallest absolute Gasteiger partial charge is 0.302 e. The molecule has 1 N–H and O–H groups in total. The molecule has 1 amide bonds. The van der Waals surface area contributed by atoms with Crippen molar-refractivity contribution in [3.63, 3.8) is 0 Å². The number of hydrogen-bond acceptors (Lipinski definition) is 4. The van der Waals surface area contributed by atoms with Gasteiger partial charge in [-0.05, 0) is 49.1 Å². The first-order chi connectivity index (χ1) is 13.3.